The van der Waals surface area contributed by atoms with Crippen molar-refractivity contribution in [3.8, 4) is 0 Å². The highest BCUT2D eigenvalue weighted by molar-refractivity contribution is 5.87. The lowest BCUT2D eigenvalue weighted by Gasteiger charge is -2.31. The molecular formula is C26H35N3O4. The minimum atomic E-state index is -0.0315. The summed E-state index contributed by atoms with van der Waals surface area (Å²) in [6, 6.07) is 14.0. The van der Waals surface area contributed by atoms with Gasteiger partial charge >= 0.3 is 0 Å². The summed E-state index contributed by atoms with van der Waals surface area (Å²) in [5.74, 6) is 1.77. The Kier molecular flexibility index (Phi) is 8.18. The molecule has 2 amide bonds. The zero-order chi connectivity index (χ0) is 23.0. The van der Waals surface area contributed by atoms with Crippen molar-refractivity contribution in [3.05, 3.63) is 59.5 Å². The van der Waals surface area contributed by atoms with E-state index >= 15 is 0 Å². The van der Waals surface area contributed by atoms with Gasteiger partial charge in [-0.2, -0.15) is 0 Å². The molecule has 1 aliphatic carbocycles. The quantitative estimate of drug-likeness (QED) is 0.523. The maximum Gasteiger partial charge on any atom is 0.242 e. The number of benzene rings is 1. The van der Waals surface area contributed by atoms with Crippen molar-refractivity contribution in [2.45, 2.75) is 32.7 Å². The van der Waals surface area contributed by atoms with Crippen LogP contribution in [0.5, 0.6) is 0 Å². The summed E-state index contributed by atoms with van der Waals surface area (Å²) in [5, 5.41) is 0. The third-order valence-corrected chi connectivity index (χ3v) is 6.36. The van der Waals surface area contributed by atoms with E-state index in [0.717, 1.165) is 63.6 Å². The summed E-state index contributed by atoms with van der Waals surface area (Å²) in [7, 11) is 0. The standard InChI is InChI=1S/C26H35N3O4/c1-21-7-10-24(33-21)19-28(12-11-22-5-3-2-4-6-22)25(30)20-29(26(31)23-8-9-23)14-13-27-15-17-32-18-16-27/h2-7,10,23H,8-9,11-20H2,1H3. The summed E-state index contributed by atoms with van der Waals surface area (Å²) >= 11 is 0. The lowest BCUT2D eigenvalue weighted by Crippen LogP contribution is -2.47. The van der Waals surface area contributed by atoms with Crippen LogP contribution < -0.4 is 0 Å². The third-order valence-electron chi connectivity index (χ3n) is 6.36. The summed E-state index contributed by atoms with van der Waals surface area (Å²) < 4.78 is 11.2. The van der Waals surface area contributed by atoms with E-state index < -0.39 is 0 Å². The molecule has 178 valence electrons. The van der Waals surface area contributed by atoms with Crippen molar-refractivity contribution in [1.82, 2.24) is 14.7 Å². The van der Waals surface area contributed by atoms with E-state index in [0.29, 0.717) is 19.6 Å². The Morgan fingerprint density at radius 2 is 1.76 bits per heavy atom. The Morgan fingerprint density at radius 1 is 1.00 bits per heavy atom. The molecule has 0 unspecified atom stereocenters. The molecule has 0 spiro atoms. The normalized spacial score (nSPS) is 16.5. The minimum Gasteiger partial charge on any atom is -0.464 e. The molecule has 4 rings (SSSR count). The molecule has 33 heavy (non-hydrogen) atoms. The fourth-order valence-electron chi connectivity index (χ4n) is 4.16. The van der Waals surface area contributed by atoms with E-state index in [1.807, 2.05) is 42.2 Å². The van der Waals surface area contributed by atoms with Crippen LogP contribution in [0.15, 0.2) is 46.9 Å². The largest absolute Gasteiger partial charge is 0.464 e. The number of aryl methyl sites for hydroxylation is 1. The molecule has 7 heteroatoms. The molecule has 2 fully saturated rings. The van der Waals surface area contributed by atoms with E-state index in [9.17, 15) is 9.59 Å². The summed E-state index contributed by atoms with van der Waals surface area (Å²) in [6.45, 7) is 7.57. The lowest BCUT2D eigenvalue weighted by atomic mass is 10.1. The number of morpholine rings is 1. The van der Waals surface area contributed by atoms with Crippen LogP contribution in [-0.2, 0) is 27.3 Å². The van der Waals surface area contributed by atoms with Crippen LogP contribution in [0.2, 0.25) is 0 Å². The SMILES string of the molecule is Cc1ccc(CN(CCc2ccccc2)C(=O)CN(CCN2CCOCC2)C(=O)C2CC2)o1. The van der Waals surface area contributed by atoms with Gasteiger partial charge in [-0.05, 0) is 43.9 Å². The molecule has 2 aromatic rings. The second kappa shape index (κ2) is 11.5. The summed E-state index contributed by atoms with van der Waals surface area (Å²) in [6.07, 6.45) is 2.63. The van der Waals surface area contributed by atoms with Crippen LogP contribution in [0.1, 0.15) is 29.9 Å². The Balaban J connectivity index is 1.41. The first-order chi connectivity index (χ1) is 16.1. The van der Waals surface area contributed by atoms with Gasteiger partial charge in [0, 0.05) is 38.6 Å². The molecule has 0 N–H and O–H groups in total. The van der Waals surface area contributed by atoms with Crippen LogP contribution >= 0.6 is 0 Å². The Bertz CT molecular complexity index is 903. The van der Waals surface area contributed by atoms with Gasteiger partial charge in [0.05, 0.1) is 26.3 Å². The maximum atomic E-state index is 13.4. The highest BCUT2D eigenvalue weighted by Crippen LogP contribution is 2.31. The van der Waals surface area contributed by atoms with Gasteiger partial charge in [-0.15, -0.1) is 0 Å². The van der Waals surface area contributed by atoms with Gasteiger partial charge in [-0.3, -0.25) is 14.5 Å². The number of carbonyl (C=O) groups excluding carboxylic acids is 2. The third kappa shape index (κ3) is 7.17. The average molecular weight is 454 g/mol. The predicted molar refractivity (Wildman–Crippen MR) is 126 cm³/mol. The van der Waals surface area contributed by atoms with Crippen molar-refractivity contribution in [1.29, 1.82) is 0 Å². The lowest BCUT2D eigenvalue weighted by molar-refractivity contribution is -0.142. The summed E-state index contributed by atoms with van der Waals surface area (Å²) in [4.78, 5) is 32.3. The highest BCUT2D eigenvalue weighted by Gasteiger charge is 2.35. The van der Waals surface area contributed by atoms with Gasteiger partial charge in [-0.1, -0.05) is 30.3 Å². The van der Waals surface area contributed by atoms with Crippen molar-refractivity contribution >= 4 is 11.8 Å². The first-order valence-electron chi connectivity index (χ1n) is 12.0. The smallest absolute Gasteiger partial charge is 0.242 e. The van der Waals surface area contributed by atoms with Gasteiger partial charge in [0.25, 0.3) is 0 Å². The van der Waals surface area contributed by atoms with Crippen LogP contribution in [-0.4, -0.2) is 79.0 Å². The predicted octanol–water partition coefficient (Wildman–Crippen LogP) is 2.73. The Morgan fingerprint density at radius 3 is 2.42 bits per heavy atom. The molecular weight excluding hydrogens is 418 g/mol. The highest BCUT2D eigenvalue weighted by atomic mass is 16.5. The van der Waals surface area contributed by atoms with Crippen molar-refractivity contribution in [3.63, 3.8) is 0 Å². The first kappa shape index (κ1) is 23.5. The molecule has 1 aromatic carbocycles. The topological polar surface area (TPSA) is 66.2 Å². The average Bonchev–Trinajstić information content (AvgIpc) is 3.61. The fourth-order valence-corrected chi connectivity index (χ4v) is 4.16. The number of hydrogen-bond donors (Lipinski definition) is 0. The van der Waals surface area contributed by atoms with Crippen LogP contribution in [0, 0.1) is 12.8 Å². The molecule has 1 aliphatic heterocycles. The second-order valence-corrected chi connectivity index (χ2v) is 9.05. The van der Waals surface area contributed by atoms with Crippen LogP contribution in [0.3, 0.4) is 0 Å². The van der Waals surface area contributed by atoms with Gasteiger partial charge in [0.2, 0.25) is 11.8 Å². The zero-order valence-corrected chi connectivity index (χ0v) is 19.6. The Labute approximate surface area is 196 Å². The second-order valence-electron chi connectivity index (χ2n) is 9.05. The number of nitrogens with zero attached hydrogens (tertiary/aromatic N) is 3. The van der Waals surface area contributed by atoms with E-state index in [1.165, 1.54) is 5.56 Å². The van der Waals surface area contributed by atoms with Crippen molar-refractivity contribution in [2.24, 2.45) is 5.92 Å². The van der Waals surface area contributed by atoms with E-state index in [1.54, 1.807) is 4.90 Å². The van der Waals surface area contributed by atoms with Gasteiger partial charge in [0.15, 0.2) is 0 Å². The number of furan rings is 1. The van der Waals surface area contributed by atoms with Gasteiger partial charge < -0.3 is 19.0 Å². The molecule has 1 saturated heterocycles. The van der Waals surface area contributed by atoms with Crippen LogP contribution in [0.4, 0.5) is 0 Å². The number of amides is 2. The first-order valence-corrected chi connectivity index (χ1v) is 12.0. The Hall–Kier alpha value is -2.64. The monoisotopic (exact) mass is 453 g/mol. The van der Waals surface area contributed by atoms with Crippen molar-refractivity contribution < 1.29 is 18.7 Å². The zero-order valence-electron chi connectivity index (χ0n) is 19.6. The maximum absolute atomic E-state index is 13.4. The van der Waals surface area contributed by atoms with E-state index in [-0.39, 0.29) is 24.3 Å². The number of ether oxygens (including phenoxy) is 1. The van der Waals surface area contributed by atoms with Gasteiger partial charge in [0.1, 0.15) is 11.5 Å². The number of hydrogen-bond acceptors (Lipinski definition) is 5. The molecule has 2 aliphatic rings. The summed E-state index contributed by atoms with van der Waals surface area (Å²) in [5.41, 5.74) is 1.18. The van der Waals surface area contributed by atoms with Crippen molar-refractivity contribution in [2.75, 3.05) is 52.5 Å². The minimum absolute atomic E-state index is 0.0315. The number of rotatable bonds is 11. The molecule has 0 bridgehead atoms. The van der Waals surface area contributed by atoms with E-state index in [2.05, 4.69) is 17.0 Å². The van der Waals surface area contributed by atoms with Crippen LogP contribution in [0.25, 0.3) is 0 Å². The van der Waals surface area contributed by atoms with E-state index in [4.69, 9.17) is 9.15 Å². The molecule has 1 saturated carbocycles. The molecule has 7 nitrogen and oxygen atoms in total. The van der Waals surface area contributed by atoms with Gasteiger partial charge in [-0.25, -0.2) is 0 Å². The fraction of sp³-hybridized carbons (Fsp3) is 0.538. The molecule has 1 aromatic heterocycles. The molecule has 2 heterocycles. The molecule has 0 atom stereocenters. The number of carbonyl (C=O) groups is 2. The molecule has 0 radical (unpaired) electrons.